The highest BCUT2D eigenvalue weighted by atomic mass is 35.5. The number of hydrogen-bond acceptors (Lipinski definition) is 2. The van der Waals surface area contributed by atoms with Crippen molar-refractivity contribution < 1.29 is 4.79 Å². The minimum absolute atomic E-state index is 0. The Bertz CT molecular complexity index is 668. The SMILES string of the molecule is CC(C)(C(=O)Nc1ccc2c(c1)CCN2)c1ccccc1.Cl. The maximum absolute atomic E-state index is 12.6. The van der Waals surface area contributed by atoms with E-state index in [0.29, 0.717) is 0 Å². The van der Waals surface area contributed by atoms with E-state index in [0.717, 1.165) is 24.2 Å². The van der Waals surface area contributed by atoms with Crippen LogP contribution in [-0.2, 0) is 16.6 Å². The molecule has 0 unspecified atom stereocenters. The molecule has 3 nitrogen and oxygen atoms in total. The van der Waals surface area contributed by atoms with Gasteiger partial charge in [0.2, 0.25) is 5.91 Å². The molecule has 1 aliphatic heterocycles. The molecule has 0 saturated heterocycles. The van der Waals surface area contributed by atoms with Crippen molar-refractivity contribution in [3.05, 3.63) is 59.7 Å². The molecule has 2 N–H and O–H groups in total. The summed E-state index contributed by atoms with van der Waals surface area (Å²) in [5.41, 5.74) is 3.77. The highest BCUT2D eigenvalue weighted by Crippen LogP contribution is 2.28. The van der Waals surface area contributed by atoms with Crippen LogP contribution in [0.1, 0.15) is 25.0 Å². The van der Waals surface area contributed by atoms with Crippen LogP contribution in [0.4, 0.5) is 11.4 Å². The Labute approximate surface area is 137 Å². The van der Waals surface area contributed by atoms with Crippen LogP contribution in [0.3, 0.4) is 0 Å². The van der Waals surface area contributed by atoms with Gasteiger partial charge in [-0.2, -0.15) is 0 Å². The van der Waals surface area contributed by atoms with Gasteiger partial charge in [0, 0.05) is 17.9 Å². The molecule has 0 atom stereocenters. The quantitative estimate of drug-likeness (QED) is 0.899. The third-order valence-electron chi connectivity index (χ3n) is 4.14. The number of anilines is 2. The largest absolute Gasteiger partial charge is 0.384 e. The molecule has 0 saturated carbocycles. The van der Waals surface area contributed by atoms with Gasteiger partial charge in [-0.1, -0.05) is 30.3 Å². The fourth-order valence-electron chi connectivity index (χ4n) is 2.66. The topological polar surface area (TPSA) is 41.1 Å². The number of carbonyl (C=O) groups excluding carboxylic acids is 1. The van der Waals surface area contributed by atoms with Crippen molar-refractivity contribution in [3.63, 3.8) is 0 Å². The van der Waals surface area contributed by atoms with E-state index in [4.69, 9.17) is 0 Å². The molecule has 116 valence electrons. The lowest BCUT2D eigenvalue weighted by Crippen LogP contribution is -2.34. The molecule has 0 fully saturated rings. The molecular weight excluding hydrogens is 296 g/mol. The van der Waals surface area contributed by atoms with Gasteiger partial charge in [0.05, 0.1) is 5.41 Å². The van der Waals surface area contributed by atoms with E-state index in [-0.39, 0.29) is 18.3 Å². The minimum Gasteiger partial charge on any atom is -0.384 e. The number of benzene rings is 2. The van der Waals surface area contributed by atoms with Crippen molar-refractivity contribution in [2.24, 2.45) is 0 Å². The van der Waals surface area contributed by atoms with Gasteiger partial charge >= 0.3 is 0 Å². The lowest BCUT2D eigenvalue weighted by Gasteiger charge is -2.24. The van der Waals surface area contributed by atoms with Crippen LogP contribution in [-0.4, -0.2) is 12.5 Å². The normalized spacial score (nSPS) is 12.8. The smallest absolute Gasteiger partial charge is 0.234 e. The summed E-state index contributed by atoms with van der Waals surface area (Å²) < 4.78 is 0. The first-order valence-electron chi connectivity index (χ1n) is 7.31. The number of amides is 1. The predicted molar refractivity (Wildman–Crippen MR) is 94.0 cm³/mol. The minimum atomic E-state index is -0.557. The number of nitrogens with one attached hydrogen (secondary N) is 2. The molecule has 0 spiro atoms. The standard InChI is InChI=1S/C18H20N2O.ClH/c1-18(2,14-6-4-3-5-7-14)17(21)20-15-8-9-16-13(12-15)10-11-19-16;/h3-9,12,19H,10-11H2,1-2H3,(H,20,21);1H. The predicted octanol–water partition coefficient (Wildman–Crippen LogP) is 3.99. The Morgan fingerprint density at radius 3 is 2.59 bits per heavy atom. The van der Waals surface area contributed by atoms with Crippen LogP contribution >= 0.6 is 12.4 Å². The van der Waals surface area contributed by atoms with E-state index in [2.05, 4.69) is 16.7 Å². The van der Waals surface area contributed by atoms with Crippen LogP contribution in [0.25, 0.3) is 0 Å². The van der Waals surface area contributed by atoms with Gasteiger partial charge < -0.3 is 10.6 Å². The highest BCUT2D eigenvalue weighted by Gasteiger charge is 2.29. The Kier molecular flexibility index (Phi) is 4.77. The van der Waals surface area contributed by atoms with Crippen molar-refractivity contribution in [3.8, 4) is 0 Å². The highest BCUT2D eigenvalue weighted by molar-refractivity contribution is 5.98. The van der Waals surface area contributed by atoms with E-state index >= 15 is 0 Å². The Morgan fingerprint density at radius 2 is 1.86 bits per heavy atom. The zero-order chi connectivity index (χ0) is 14.9. The fourth-order valence-corrected chi connectivity index (χ4v) is 2.66. The van der Waals surface area contributed by atoms with E-state index < -0.39 is 5.41 Å². The van der Waals surface area contributed by atoms with Gasteiger partial charge in [-0.05, 0) is 49.6 Å². The van der Waals surface area contributed by atoms with Gasteiger partial charge in [0.25, 0.3) is 0 Å². The molecule has 22 heavy (non-hydrogen) atoms. The summed E-state index contributed by atoms with van der Waals surface area (Å²) in [6.07, 6.45) is 1.02. The summed E-state index contributed by atoms with van der Waals surface area (Å²) >= 11 is 0. The number of fused-ring (bicyclic) bond motifs is 1. The number of rotatable bonds is 3. The maximum Gasteiger partial charge on any atom is 0.234 e. The monoisotopic (exact) mass is 316 g/mol. The van der Waals surface area contributed by atoms with Crippen molar-refractivity contribution in [2.75, 3.05) is 17.2 Å². The second kappa shape index (κ2) is 6.41. The molecule has 1 amide bonds. The van der Waals surface area contributed by atoms with E-state index in [1.807, 2.05) is 56.3 Å². The summed E-state index contributed by atoms with van der Waals surface area (Å²) in [4.78, 5) is 12.6. The Hall–Kier alpha value is -2.00. The van der Waals surface area contributed by atoms with Crippen LogP contribution in [0.2, 0.25) is 0 Å². The lowest BCUT2D eigenvalue weighted by atomic mass is 9.83. The summed E-state index contributed by atoms with van der Waals surface area (Å²) in [7, 11) is 0. The Morgan fingerprint density at radius 1 is 1.14 bits per heavy atom. The van der Waals surface area contributed by atoms with Crippen molar-refractivity contribution in [2.45, 2.75) is 25.7 Å². The van der Waals surface area contributed by atoms with E-state index in [9.17, 15) is 4.79 Å². The van der Waals surface area contributed by atoms with E-state index in [1.54, 1.807) is 0 Å². The first-order valence-corrected chi connectivity index (χ1v) is 7.31. The van der Waals surface area contributed by atoms with E-state index in [1.165, 1.54) is 11.3 Å². The first-order chi connectivity index (χ1) is 10.1. The summed E-state index contributed by atoms with van der Waals surface area (Å²) in [5.74, 6) is 0.0135. The van der Waals surface area contributed by atoms with Crippen LogP contribution < -0.4 is 10.6 Å². The fraction of sp³-hybridized carbons (Fsp3) is 0.278. The van der Waals surface area contributed by atoms with Crippen LogP contribution in [0.15, 0.2) is 48.5 Å². The number of hydrogen-bond donors (Lipinski definition) is 2. The average molecular weight is 317 g/mol. The molecule has 2 aromatic rings. The molecule has 0 bridgehead atoms. The van der Waals surface area contributed by atoms with Crippen molar-refractivity contribution >= 4 is 29.7 Å². The molecular formula is C18H21ClN2O. The molecule has 1 aliphatic rings. The van der Waals surface area contributed by atoms with Gasteiger partial charge in [0.15, 0.2) is 0 Å². The lowest BCUT2D eigenvalue weighted by molar-refractivity contribution is -0.120. The zero-order valence-electron chi connectivity index (χ0n) is 12.8. The molecule has 3 rings (SSSR count). The molecule has 2 aromatic carbocycles. The third-order valence-corrected chi connectivity index (χ3v) is 4.14. The molecule has 1 heterocycles. The Balaban J connectivity index is 0.00000176. The maximum atomic E-state index is 12.6. The molecule has 4 heteroatoms. The van der Waals surface area contributed by atoms with Gasteiger partial charge in [-0.3, -0.25) is 4.79 Å². The van der Waals surface area contributed by atoms with Crippen LogP contribution in [0, 0.1) is 0 Å². The summed E-state index contributed by atoms with van der Waals surface area (Å²) in [6.45, 7) is 4.88. The van der Waals surface area contributed by atoms with Gasteiger partial charge in [-0.25, -0.2) is 0 Å². The number of halogens is 1. The molecule has 0 radical (unpaired) electrons. The van der Waals surface area contributed by atoms with Crippen molar-refractivity contribution in [1.29, 1.82) is 0 Å². The average Bonchev–Trinajstić information content (AvgIpc) is 2.95. The van der Waals surface area contributed by atoms with Gasteiger partial charge in [0.1, 0.15) is 0 Å². The molecule has 0 aliphatic carbocycles. The third kappa shape index (κ3) is 3.09. The summed E-state index contributed by atoms with van der Waals surface area (Å²) in [5, 5.41) is 6.37. The number of carbonyl (C=O) groups is 1. The van der Waals surface area contributed by atoms with Crippen molar-refractivity contribution in [1.82, 2.24) is 0 Å². The zero-order valence-corrected chi connectivity index (χ0v) is 13.7. The molecule has 0 aromatic heterocycles. The van der Waals surface area contributed by atoms with Gasteiger partial charge in [-0.15, -0.1) is 12.4 Å². The second-order valence-electron chi connectivity index (χ2n) is 5.99. The summed E-state index contributed by atoms with van der Waals surface area (Å²) in [6, 6.07) is 15.9. The van der Waals surface area contributed by atoms with Crippen LogP contribution in [0.5, 0.6) is 0 Å². The first kappa shape index (κ1) is 16.4. The second-order valence-corrected chi connectivity index (χ2v) is 5.99.